The van der Waals surface area contributed by atoms with Crippen LogP contribution in [0.5, 0.6) is 11.5 Å². The van der Waals surface area contributed by atoms with E-state index in [1.807, 2.05) is 12.4 Å². The lowest BCUT2D eigenvalue weighted by atomic mass is 9.86. The summed E-state index contributed by atoms with van der Waals surface area (Å²) in [6, 6.07) is 19.3. The largest absolute Gasteiger partial charge is 0.456 e. The molecule has 0 bridgehead atoms. The number of imidazole rings is 1. The third-order valence-electron chi connectivity index (χ3n) is 7.34. The molecule has 1 atom stereocenters. The van der Waals surface area contributed by atoms with Crippen molar-refractivity contribution in [2.24, 2.45) is 0 Å². The van der Waals surface area contributed by atoms with Crippen molar-refractivity contribution in [2.75, 3.05) is 0 Å². The van der Waals surface area contributed by atoms with Gasteiger partial charge in [-0.25, -0.2) is 0 Å². The molecule has 0 aliphatic carbocycles. The second kappa shape index (κ2) is 4.42. The van der Waals surface area contributed by atoms with Crippen molar-refractivity contribution < 1.29 is 13.9 Å². The summed E-state index contributed by atoms with van der Waals surface area (Å²) in [7, 11) is 0. The fourth-order valence-electron chi connectivity index (χ4n) is 6.34. The van der Waals surface area contributed by atoms with Gasteiger partial charge in [0, 0.05) is 29.1 Å². The van der Waals surface area contributed by atoms with E-state index in [4.69, 9.17) is 4.74 Å². The Morgan fingerprint density at radius 2 is 1.81 bits per heavy atom. The van der Waals surface area contributed by atoms with E-state index in [0.29, 0.717) is 0 Å². The van der Waals surface area contributed by atoms with Gasteiger partial charge in [0.25, 0.3) is 0 Å². The van der Waals surface area contributed by atoms with Crippen LogP contribution >= 0.6 is 0 Å². The second-order valence-electron chi connectivity index (χ2n) is 8.52. The molecule has 3 aliphatic heterocycles. The monoisotopic (exact) mass is 398 g/mol. The summed E-state index contributed by atoms with van der Waals surface area (Å²) in [4.78, 5) is 4.42. The molecule has 0 saturated heterocycles. The van der Waals surface area contributed by atoms with Gasteiger partial charge < -0.3 is 4.74 Å². The molecule has 5 nitrogen and oxygen atoms in total. The maximum Gasteiger partial charge on any atom is 0.371 e. The van der Waals surface area contributed by atoms with Crippen LogP contribution in [0.2, 0.25) is 0 Å². The molecule has 0 fully saturated rings. The third kappa shape index (κ3) is 1.30. The highest BCUT2D eigenvalue weighted by Crippen LogP contribution is 2.56. The number of nitrogens with zero attached hydrogens (tertiary/aromatic N) is 4. The van der Waals surface area contributed by atoms with Crippen LogP contribution in [0.1, 0.15) is 11.1 Å². The lowest BCUT2D eigenvalue weighted by Gasteiger charge is -2.27. The molecule has 0 amide bonds. The molecule has 7 heterocycles. The van der Waals surface area contributed by atoms with E-state index in [2.05, 4.69) is 91.7 Å². The van der Waals surface area contributed by atoms with Crippen molar-refractivity contribution in [1.82, 2.24) is 9.38 Å². The molecule has 4 aromatic heterocycles. The lowest BCUT2D eigenvalue weighted by Crippen LogP contribution is -2.71. The Kier molecular flexibility index (Phi) is 2.09. The molecule has 0 N–H and O–H groups in total. The zero-order chi connectivity index (χ0) is 19.9. The van der Waals surface area contributed by atoms with Crippen molar-refractivity contribution in [1.29, 1.82) is 0 Å². The van der Waals surface area contributed by atoms with Gasteiger partial charge in [-0.2, -0.15) is 8.97 Å². The van der Waals surface area contributed by atoms with Gasteiger partial charge in [-0.05, 0) is 36.4 Å². The van der Waals surface area contributed by atoms with E-state index in [1.165, 1.54) is 44.2 Å². The van der Waals surface area contributed by atoms with E-state index < -0.39 is 5.66 Å². The van der Waals surface area contributed by atoms with Crippen LogP contribution in [0.4, 0.5) is 0 Å². The van der Waals surface area contributed by atoms with Gasteiger partial charge in [0.1, 0.15) is 35.0 Å². The maximum absolute atomic E-state index is 6.55. The Morgan fingerprint density at radius 1 is 0.839 bits per heavy atom. The van der Waals surface area contributed by atoms with E-state index in [0.717, 1.165) is 17.0 Å². The first-order chi connectivity index (χ1) is 15.4. The van der Waals surface area contributed by atoms with Crippen molar-refractivity contribution >= 4 is 27.3 Å². The van der Waals surface area contributed by atoms with Gasteiger partial charge in [0.15, 0.2) is 11.7 Å². The molecule has 1 unspecified atom stereocenters. The number of fused-ring (bicyclic) bond motifs is 5. The standard InChI is InChI=1S/C26H14N4O/c1-2-11-29-18(5-1)17-4-3-6-20-23(17)26(29)24-21(31-20)8-7-16-15-9-10-27-14-19(15)28-12-13-30(26)25(28)22(16)24/h1-14H/q+2. The summed E-state index contributed by atoms with van der Waals surface area (Å²) in [5.74, 6) is 1.86. The lowest BCUT2D eigenvalue weighted by molar-refractivity contribution is -0.950. The summed E-state index contributed by atoms with van der Waals surface area (Å²) >= 11 is 0. The predicted molar refractivity (Wildman–Crippen MR) is 114 cm³/mol. The van der Waals surface area contributed by atoms with Gasteiger partial charge in [0.05, 0.1) is 17.1 Å². The van der Waals surface area contributed by atoms with Gasteiger partial charge in [-0.15, -0.1) is 4.57 Å². The molecular formula is C26H14N4O+2. The third-order valence-corrected chi connectivity index (χ3v) is 7.34. The second-order valence-corrected chi connectivity index (χ2v) is 8.52. The zero-order valence-electron chi connectivity index (χ0n) is 16.3. The van der Waals surface area contributed by atoms with Crippen molar-refractivity contribution in [2.45, 2.75) is 5.66 Å². The normalized spacial score (nSPS) is 18.7. The fourth-order valence-corrected chi connectivity index (χ4v) is 6.34. The van der Waals surface area contributed by atoms with Crippen LogP contribution in [0.3, 0.4) is 0 Å². The van der Waals surface area contributed by atoms with Crippen LogP contribution < -0.4 is 13.9 Å². The Labute approximate surface area is 176 Å². The molecular weight excluding hydrogens is 384 g/mol. The number of hydrogen-bond acceptors (Lipinski definition) is 2. The number of aromatic nitrogens is 4. The summed E-state index contributed by atoms with van der Waals surface area (Å²) in [5, 5.41) is 3.70. The van der Waals surface area contributed by atoms with Crippen LogP contribution in [0.15, 0.2) is 85.6 Å². The number of hydrogen-bond donors (Lipinski definition) is 0. The summed E-state index contributed by atoms with van der Waals surface area (Å²) in [6.07, 6.45) is 10.4. The van der Waals surface area contributed by atoms with E-state index in [1.54, 1.807) is 0 Å². The highest BCUT2D eigenvalue weighted by molar-refractivity contribution is 6.14. The van der Waals surface area contributed by atoms with Gasteiger partial charge >= 0.3 is 11.3 Å². The van der Waals surface area contributed by atoms with Gasteiger partial charge in [0.2, 0.25) is 5.69 Å². The van der Waals surface area contributed by atoms with Gasteiger partial charge in [-0.1, -0.05) is 6.07 Å². The first-order valence-electron chi connectivity index (χ1n) is 10.5. The Morgan fingerprint density at radius 3 is 2.81 bits per heavy atom. The molecule has 6 aromatic rings. The fraction of sp³-hybridized carbons (Fsp3) is 0.0385. The zero-order valence-corrected chi connectivity index (χ0v) is 16.3. The highest BCUT2D eigenvalue weighted by atomic mass is 16.5. The molecule has 0 radical (unpaired) electrons. The average molecular weight is 398 g/mol. The Balaban J connectivity index is 1.65. The minimum Gasteiger partial charge on any atom is -0.456 e. The first-order valence-corrected chi connectivity index (χ1v) is 10.5. The minimum atomic E-state index is -0.489. The summed E-state index contributed by atoms with van der Waals surface area (Å²) < 4.78 is 13.7. The molecule has 2 aromatic carbocycles. The van der Waals surface area contributed by atoms with Crippen molar-refractivity contribution in [3.8, 4) is 22.8 Å². The number of pyridine rings is 3. The molecule has 0 saturated carbocycles. The topological polar surface area (TPSA) is 34.3 Å². The number of rotatable bonds is 0. The van der Waals surface area contributed by atoms with E-state index in [-0.39, 0.29) is 0 Å². The molecule has 5 heteroatoms. The van der Waals surface area contributed by atoms with Crippen molar-refractivity contribution in [3.63, 3.8) is 0 Å². The highest BCUT2D eigenvalue weighted by Gasteiger charge is 2.67. The van der Waals surface area contributed by atoms with E-state index >= 15 is 0 Å². The van der Waals surface area contributed by atoms with Crippen LogP contribution in [0, 0.1) is 0 Å². The summed E-state index contributed by atoms with van der Waals surface area (Å²) in [5.41, 5.74) is 6.69. The molecule has 142 valence electrons. The van der Waals surface area contributed by atoms with Crippen LogP contribution in [-0.2, 0) is 5.66 Å². The number of ether oxygens (including phenoxy) is 1. The minimum absolute atomic E-state index is 0.489. The van der Waals surface area contributed by atoms with Crippen molar-refractivity contribution in [3.05, 3.63) is 96.7 Å². The summed E-state index contributed by atoms with van der Waals surface area (Å²) in [6.45, 7) is 0. The Hall–Kier alpha value is -4.25. The quantitative estimate of drug-likeness (QED) is 0.287. The number of benzene rings is 2. The molecule has 1 spiro atoms. The first kappa shape index (κ1) is 14.7. The molecule has 9 rings (SSSR count). The maximum atomic E-state index is 6.55. The van der Waals surface area contributed by atoms with Gasteiger partial charge in [-0.3, -0.25) is 4.98 Å². The molecule has 3 aliphatic rings. The SMILES string of the molecule is c1cc2c3c(c1)-c1cccc[n+]1C31c3c(ccc4c5ccncc5n5cc[n+]1c5c34)O2. The average Bonchev–Trinajstić information content (AvgIpc) is 3.48. The van der Waals surface area contributed by atoms with Crippen LogP contribution in [-0.4, -0.2) is 9.38 Å². The Bertz CT molecular complexity index is 1830. The van der Waals surface area contributed by atoms with E-state index in [9.17, 15) is 0 Å². The smallest absolute Gasteiger partial charge is 0.371 e. The van der Waals surface area contributed by atoms with Crippen LogP contribution in [0.25, 0.3) is 38.6 Å². The molecule has 31 heavy (non-hydrogen) atoms. The predicted octanol–water partition coefficient (Wildman–Crippen LogP) is 3.91.